The van der Waals surface area contributed by atoms with E-state index in [2.05, 4.69) is 17.4 Å². The van der Waals surface area contributed by atoms with Crippen LogP contribution < -0.4 is 10.1 Å². The largest absolute Gasteiger partial charge is 0.488 e. The van der Waals surface area contributed by atoms with Crippen LogP contribution in [0.15, 0.2) is 24.3 Å². The van der Waals surface area contributed by atoms with E-state index >= 15 is 0 Å². The zero-order chi connectivity index (χ0) is 14.2. The van der Waals surface area contributed by atoms with Crippen LogP contribution in [0.3, 0.4) is 0 Å². The summed E-state index contributed by atoms with van der Waals surface area (Å²) in [6, 6.07) is 8.08. The van der Waals surface area contributed by atoms with E-state index in [1.165, 1.54) is 5.56 Å². The third kappa shape index (κ3) is 4.78. The summed E-state index contributed by atoms with van der Waals surface area (Å²) >= 11 is 0. The van der Waals surface area contributed by atoms with Gasteiger partial charge in [0.2, 0.25) is 0 Å². The fourth-order valence-electron chi connectivity index (χ4n) is 2.48. The molecule has 0 bridgehead atoms. The van der Waals surface area contributed by atoms with Crippen molar-refractivity contribution in [2.45, 2.75) is 44.4 Å². The maximum absolute atomic E-state index is 9.90. The average molecular weight is 279 g/mol. The lowest BCUT2D eigenvalue weighted by atomic mass is 9.95. The molecule has 0 saturated heterocycles. The number of aliphatic hydroxyl groups excluding tert-OH is 1. The summed E-state index contributed by atoms with van der Waals surface area (Å²) in [7, 11) is 1.70. The van der Waals surface area contributed by atoms with Gasteiger partial charge in [-0.05, 0) is 37.0 Å². The van der Waals surface area contributed by atoms with Crippen molar-refractivity contribution in [3.05, 3.63) is 29.8 Å². The molecule has 0 radical (unpaired) electrons. The third-order valence-electron chi connectivity index (χ3n) is 3.69. The highest BCUT2D eigenvalue weighted by atomic mass is 16.5. The lowest BCUT2D eigenvalue weighted by molar-refractivity contribution is 0.00687. The van der Waals surface area contributed by atoms with Gasteiger partial charge in [0.1, 0.15) is 11.9 Å². The topological polar surface area (TPSA) is 50.7 Å². The number of nitrogens with one attached hydrogen (secondary N) is 1. The first kappa shape index (κ1) is 15.3. The van der Waals surface area contributed by atoms with Gasteiger partial charge in [-0.1, -0.05) is 18.6 Å². The fraction of sp³-hybridized carbons (Fsp3) is 0.625. The lowest BCUT2D eigenvalue weighted by Gasteiger charge is -2.28. The van der Waals surface area contributed by atoms with Crippen molar-refractivity contribution in [2.75, 3.05) is 20.3 Å². The summed E-state index contributed by atoms with van der Waals surface area (Å²) in [5.74, 6) is 0.844. The van der Waals surface area contributed by atoms with Gasteiger partial charge in [0, 0.05) is 20.2 Å². The van der Waals surface area contributed by atoms with Gasteiger partial charge in [0.25, 0.3) is 0 Å². The minimum Gasteiger partial charge on any atom is -0.488 e. The van der Waals surface area contributed by atoms with E-state index in [1.807, 2.05) is 12.1 Å². The van der Waals surface area contributed by atoms with Crippen molar-refractivity contribution >= 4 is 0 Å². The Morgan fingerprint density at radius 2 is 1.95 bits per heavy atom. The monoisotopic (exact) mass is 279 g/mol. The van der Waals surface area contributed by atoms with Crippen LogP contribution in [0.5, 0.6) is 5.75 Å². The molecule has 1 aromatic rings. The Kier molecular flexibility index (Phi) is 6.30. The fourth-order valence-corrected chi connectivity index (χ4v) is 2.48. The molecule has 1 aliphatic rings. The van der Waals surface area contributed by atoms with Gasteiger partial charge in [0.15, 0.2) is 0 Å². The van der Waals surface area contributed by atoms with Crippen LogP contribution in [0.25, 0.3) is 0 Å². The Hall–Kier alpha value is -1.10. The molecule has 0 heterocycles. The van der Waals surface area contributed by atoms with Gasteiger partial charge in [-0.25, -0.2) is 0 Å². The van der Waals surface area contributed by atoms with E-state index in [0.29, 0.717) is 0 Å². The molecular formula is C16H25NO3. The Bertz CT molecular complexity index is 380. The highest BCUT2D eigenvalue weighted by molar-refractivity contribution is 5.27. The summed E-state index contributed by atoms with van der Waals surface area (Å²) in [5.41, 5.74) is 1.22. The van der Waals surface area contributed by atoms with Crippen LogP contribution >= 0.6 is 0 Å². The Balaban J connectivity index is 1.78. The number of ether oxygens (including phenoxy) is 2. The second-order valence-electron chi connectivity index (χ2n) is 5.32. The van der Waals surface area contributed by atoms with Gasteiger partial charge in [0.05, 0.1) is 12.7 Å². The molecule has 1 fully saturated rings. The molecule has 2 atom stereocenters. The number of rotatable bonds is 7. The van der Waals surface area contributed by atoms with Gasteiger partial charge >= 0.3 is 0 Å². The molecule has 2 N–H and O–H groups in total. The highest BCUT2D eigenvalue weighted by Gasteiger charge is 2.24. The quantitative estimate of drug-likeness (QED) is 0.751. The van der Waals surface area contributed by atoms with Crippen molar-refractivity contribution in [3.63, 3.8) is 0 Å². The zero-order valence-electron chi connectivity index (χ0n) is 12.2. The van der Waals surface area contributed by atoms with Crippen molar-refractivity contribution in [1.29, 1.82) is 0 Å². The predicted molar refractivity (Wildman–Crippen MR) is 78.9 cm³/mol. The molecule has 112 valence electrons. The Morgan fingerprint density at radius 1 is 1.20 bits per heavy atom. The van der Waals surface area contributed by atoms with Crippen LogP contribution in [-0.4, -0.2) is 37.6 Å². The molecule has 4 nitrogen and oxygen atoms in total. The van der Waals surface area contributed by atoms with E-state index in [9.17, 15) is 5.11 Å². The average Bonchev–Trinajstić information content (AvgIpc) is 2.48. The van der Waals surface area contributed by atoms with Crippen molar-refractivity contribution < 1.29 is 14.6 Å². The van der Waals surface area contributed by atoms with Gasteiger partial charge in [-0.3, -0.25) is 0 Å². The second kappa shape index (κ2) is 8.25. The molecule has 1 aromatic carbocycles. The smallest absolute Gasteiger partial charge is 0.124 e. The zero-order valence-corrected chi connectivity index (χ0v) is 12.2. The van der Waals surface area contributed by atoms with E-state index < -0.39 is 0 Å². The summed E-state index contributed by atoms with van der Waals surface area (Å²) in [6.45, 7) is 2.40. The van der Waals surface area contributed by atoms with Gasteiger partial charge < -0.3 is 19.9 Å². The van der Waals surface area contributed by atoms with Gasteiger partial charge in [-0.15, -0.1) is 0 Å². The molecule has 0 amide bonds. The first-order valence-electron chi connectivity index (χ1n) is 7.43. The lowest BCUT2D eigenvalue weighted by Crippen LogP contribution is -2.34. The van der Waals surface area contributed by atoms with E-state index in [0.717, 1.165) is 51.1 Å². The third-order valence-corrected chi connectivity index (χ3v) is 3.69. The van der Waals surface area contributed by atoms with Crippen LogP contribution in [0.2, 0.25) is 0 Å². The maximum Gasteiger partial charge on any atom is 0.124 e. The number of benzene rings is 1. The minimum absolute atomic E-state index is 0.0468. The molecule has 0 aromatic heterocycles. The summed E-state index contributed by atoms with van der Waals surface area (Å²) in [5, 5.41) is 13.2. The molecule has 2 unspecified atom stereocenters. The van der Waals surface area contributed by atoms with Crippen LogP contribution in [0.4, 0.5) is 0 Å². The molecular weight excluding hydrogens is 254 g/mol. The molecule has 0 aliphatic heterocycles. The molecule has 0 spiro atoms. The van der Waals surface area contributed by atoms with Gasteiger partial charge in [-0.2, -0.15) is 0 Å². The molecule has 20 heavy (non-hydrogen) atoms. The summed E-state index contributed by atoms with van der Waals surface area (Å²) in [6.07, 6.45) is 3.68. The van der Waals surface area contributed by atoms with Crippen LogP contribution in [0.1, 0.15) is 31.2 Å². The molecule has 1 saturated carbocycles. The minimum atomic E-state index is -0.320. The Labute approximate surface area is 121 Å². The maximum atomic E-state index is 9.90. The number of hydrogen-bond donors (Lipinski definition) is 2. The summed E-state index contributed by atoms with van der Waals surface area (Å²) in [4.78, 5) is 0. The van der Waals surface area contributed by atoms with E-state index in [4.69, 9.17) is 9.47 Å². The first-order valence-corrected chi connectivity index (χ1v) is 7.43. The number of methoxy groups -OCH3 is 1. The van der Waals surface area contributed by atoms with Crippen molar-refractivity contribution in [1.82, 2.24) is 5.32 Å². The Morgan fingerprint density at radius 3 is 2.65 bits per heavy atom. The number of aliphatic hydroxyl groups is 1. The van der Waals surface area contributed by atoms with Crippen molar-refractivity contribution in [3.8, 4) is 5.75 Å². The van der Waals surface area contributed by atoms with E-state index in [1.54, 1.807) is 7.11 Å². The SMILES string of the molecule is COCCNCc1ccc(OC2CCCCC2O)cc1. The second-order valence-corrected chi connectivity index (χ2v) is 5.32. The highest BCUT2D eigenvalue weighted by Crippen LogP contribution is 2.24. The van der Waals surface area contributed by atoms with Crippen LogP contribution in [0, 0.1) is 0 Å². The first-order chi connectivity index (χ1) is 9.79. The standard InChI is InChI=1S/C16H25NO3/c1-19-11-10-17-12-13-6-8-14(9-7-13)20-16-5-3-2-4-15(16)18/h6-9,15-18H,2-5,10-12H2,1H3. The van der Waals surface area contributed by atoms with Crippen LogP contribution in [-0.2, 0) is 11.3 Å². The molecule has 2 rings (SSSR count). The molecule has 1 aliphatic carbocycles. The molecule has 4 heteroatoms. The predicted octanol–water partition coefficient (Wildman–Crippen LogP) is 2.10. The normalized spacial score (nSPS) is 22.7. The van der Waals surface area contributed by atoms with Crippen molar-refractivity contribution in [2.24, 2.45) is 0 Å². The summed E-state index contributed by atoms with van der Waals surface area (Å²) < 4.78 is 10.9. The number of hydrogen-bond acceptors (Lipinski definition) is 4. The van der Waals surface area contributed by atoms with E-state index in [-0.39, 0.29) is 12.2 Å².